The lowest BCUT2D eigenvalue weighted by Crippen LogP contribution is -2.42. The molecule has 1 aliphatic rings. The van der Waals surface area contributed by atoms with E-state index in [1.807, 2.05) is 0 Å². The van der Waals surface area contributed by atoms with Crippen LogP contribution >= 0.6 is 0 Å². The number of nitrogens with zero attached hydrogens (tertiary/aromatic N) is 1. The zero-order chi connectivity index (χ0) is 16.9. The van der Waals surface area contributed by atoms with Gasteiger partial charge in [0.15, 0.2) is 17.1 Å². The molecule has 1 aromatic heterocycles. The molecular weight excluding hydrogens is 291 g/mol. The molecule has 2 rings (SSSR count). The Bertz CT molecular complexity index is 667. The van der Waals surface area contributed by atoms with Crippen molar-refractivity contribution in [2.75, 3.05) is 6.61 Å². The molecule has 1 unspecified atom stereocenters. The van der Waals surface area contributed by atoms with Crippen LogP contribution in [0.2, 0.25) is 0 Å². The number of aromatic nitrogens is 1. The predicted octanol–water partition coefficient (Wildman–Crippen LogP) is 2.04. The van der Waals surface area contributed by atoms with Crippen LogP contribution in [0, 0.1) is 12.7 Å². The molecule has 1 aromatic rings. The summed E-state index contributed by atoms with van der Waals surface area (Å²) in [5.74, 6) is -1.54. The molecule has 0 radical (unpaired) electrons. The molecule has 0 bridgehead atoms. The van der Waals surface area contributed by atoms with Crippen LogP contribution in [-0.2, 0) is 10.5 Å². The molecule has 22 heavy (non-hydrogen) atoms. The smallest absolute Gasteiger partial charge is 0.207 e. The van der Waals surface area contributed by atoms with E-state index in [9.17, 15) is 19.7 Å². The van der Waals surface area contributed by atoms with Gasteiger partial charge in [-0.05, 0) is 13.8 Å². The number of nitrogens with two attached hydrogens (primary N) is 1. The summed E-state index contributed by atoms with van der Waals surface area (Å²) in [6, 6.07) is 0. The van der Waals surface area contributed by atoms with Gasteiger partial charge >= 0.3 is 0 Å². The van der Waals surface area contributed by atoms with Gasteiger partial charge < -0.3 is 30.4 Å². The van der Waals surface area contributed by atoms with E-state index in [0.29, 0.717) is 5.69 Å². The molecule has 0 saturated heterocycles. The van der Waals surface area contributed by atoms with Gasteiger partial charge in [0, 0.05) is 24.0 Å². The Morgan fingerprint density at radius 2 is 2.05 bits per heavy atom. The number of ether oxygens (including phenoxy) is 1. The molecule has 2 atom stereocenters. The minimum absolute atomic E-state index is 0.0515. The minimum atomic E-state index is -1.51. The Morgan fingerprint density at radius 3 is 2.41 bits per heavy atom. The molecule has 7 heteroatoms. The van der Waals surface area contributed by atoms with E-state index < -0.39 is 35.3 Å². The lowest BCUT2D eigenvalue weighted by atomic mass is 10.0. The van der Waals surface area contributed by atoms with E-state index in [4.69, 9.17) is 10.5 Å². The standard InChI is InChI=1S/C15H21FN2O4/c1-5-15(13(21)12(20)14(4,7-19)22-15)18-6-10(16)11(8(2)17)9(18)3/h6,19-21H,2,5,7,17H2,1,3-4H3/t14-,15?/m1/s1. The Kier molecular flexibility index (Phi) is 3.75. The average Bonchev–Trinajstić information content (AvgIpc) is 2.87. The number of halogens is 1. The van der Waals surface area contributed by atoms with Crippen molar-refractivity contribution < 1.29 is 24.4 Å². The molecule has 122 valence electrons. The first-order chi connectivity index (χ1) is 10.1. The summed E-state index contributed by atoms with van der Waals surface area (Å²) in [5, 5.41) is 30.0. The summed E-state index contributed by atoms with van der Waals surface area (Å²) >= 11 is 0. The van der Waals surface area contributed by atoms with Gasteiger partial charge in [-0.25, -0.2) is 4.39 Å². The quantitative estimate of drug-likeness (QED) is 0.681. The van der Waals surface area contributed by atoms with E-state index in [-0.39, 0.29) is 17.7 Å². The molecule has 1 aliphatic heterocycles. The highest BCUT2D eigenvalue weighted by atomic mass is 19.1. The fourth-order valence-electron chi connectivity index (χ4n) is 2.91. The van der Waals surface area contributed by atoms with Crippen LogP contribution in [0.3, 0.4) is 0 Å². The van der Waals surface area contributed by atoms with E-state index in [2.05, 4.69) is 6.58 Å². The van der Waals surface area contributed by atoms with Gasteiger partial charge in [0.05, 0.1) is 12.2 Å². The second kappa shape index (κ2) is 5.03. The van der Waals surface area contributed by atoms with Gasteiger partial charge in [-0.1, -0.05) is 13.5 Å². The highest BCUT2D eigenvalue weighted by Gasteiger charge is 2.55. The van der Waals surface area contributed by atoms with Crippen molar-refractivity contribution in [3.8, 4) is 0 Å². The first kappa shape index (κ1) is 16.4. The zero-order valence-electron chi connectivity index (χ0n) is 12.9. The molecule has 2 heterocycles. The van der Waals surface area contributed by atoms with E-state index in [1.54, 1.807) is 13.8 Å². The predicted molar refractivity (Wildman–Crippen MR) is 79.5 cm³/mol. The van der Waals surface area contributed by atoms with E-state index in [1.165, 1.54) is 11.5 Å². The summed E-state index contributed by atoms with van der Waals surface area (Å²) < 4.78 is 21.3. The van der Waals surface area contributed by atoms with Gasteiger partial charge in [-0.3, -0.25) is 0 Å². The summed E-state index contributed by atoms with van der Waals surface area (Å²) in [5.41, 5.74) is 3.20. The topological polar surface area (TPSA) is 101 Å². The van der Waals surface area contributed by atoms with Crippen molar-refractivity contribution >= 4 is 5.70 Å². The first-order valence-electron chi connectivity index (χ1n) is 6.91. The largest absolute Gasteiger partial charge is 0.506 e. The van der Waals surface area contributed by atoms with Crippen molar-refractivity contribution in [1.29, 1.82) is 0 Å². The first-order valence-corrected chi connectivity index (χ1v) is 6.91. The van der Waals surface area contributed by atoms with E-state index in [0.717, 1.165) is 6.20 Å². The molecule has 5 N–H and O–H groups in total. The van der Waals surface area contributed by atoms with Gasteiger partial charge in [-0.15, -0.1) is 0 Å². The van der Waals surface area contributed by atoms with Crippen molar-refractivity contribution in [2.24, 2.45) is 5.73 Å². The van der Waals surface area contributed by atoms with Crippen LogP contribution < -0.4 is 5.73 Å². The van der Waals surface area contributed by atoms with Crippen molar-refractivity contribution in [3.05, 3.63) is 41.4 Å². The normalized spacial score (nSPS) is 28.4. The third-order valence-corrected chi connectivity index (χ3v) is 4.18. The van der Waals surface area contributed by atoms with Gasteiger partial charge in [0.25, 0.3) is 0 Å². The van der Waals surface area contributed by atoms with Crippen molar-refractivity contribution in [1.82, 2.24) is 4.57 Å². The van der Waals surface area contributed by atoms with Crippen molar-refractivity contribution in [3.63, 3.8) is 0 Å². The lowest BCUT2D eigenvalue weighted by Gasteiger charge is -2.34. The minimum Gasteiger partial charge on any atom is -0.506 e. The molecule has 0 spiro atoms. The lowest BCUT2D eigenvalue weighted by molar-refractivity contribution is -0.167. The summed E-state index contributed by atoms with van der Waals surface area (Å²) in [4.78, 5) is 0. The number of rotatable bonds is 4. The van der Waals surface area contributed by atoms with Crippen LogP contribution in [0.1, 0.15) is 31.5 Å². The Hall–Kier alpha value is -1.99. The molecular formula is C15H21FN2O4. The second-order valence-electron chi connectivity index (χ2n) is 5.66. The van der Waals surface area contributed by atoms with Crippen LogP contribution in [0.25, 0.3) is 5.70 Å². The van der Waals surface area contributed by atoms with E-state index >= 15 is 0 Å². The SMILES string of the molecule is C=C(N)c1c(F)cn(C2(CC)O[C@](C)(CO)C(O)=C2O)c1C. The molecule has 0 fully saturated rings. The Morgan fingerprint density at radius 1 is 1.45 bits per heavy atom. The Labute approximate surface area is 127 Å². The second-order valence-corrected chi connectivity index (χ2v) is 5.66. The highest BCUT2D eigenvalue weighted by Crippen LogP contribution is 2.46. The number of aliphatic hydroxyl groups excluding tert-OH is 3. The average molecular weight is 312 g/mol. The summed E-state index contributed by atoms with van der Waals surface area (Å²) in [6.07, 6.45) is 1.34. The number of hydrogen-bond donors (Lipinski definition) is 4. The highest BCUT2D eigenvalue weighted by molar-refractivity contribution is 5.63. The van der Waals surface area contributed by atoms with Crippen LogP contribution in [-0.4, -0.2) is 32.1 Å². The maximum atomic E-state index is 14.2. The van der Waals surface area contributed by atoms with Crippen LogP contribution in [0.5, 0.6) is 0 Å². The van der Waals surface area contributed by atoms with Gasteiger partial charge in [-0.2, -0.15) is 0 Å². The van der Waals surface area contributed by atoms with Crippen molar-refractivity contribution in [2.45, 2.75) is 38.5 Å². The molecule has 0 amide bonds. The third-order valence-electron chi connectivity index (χ3n) is 4.18. The molecule has 0 aliphatic carbocycles. The monoisotopic (exact) mass is 312 g/mol. The maximum absolute atomic E-state index is 14.2. The molecule has 6 nitrogen and oxygen atoms in total. The van der Waals surface area contributed by atoms with Gasteiger partial charge in [0.2, 0.25) is 5.72 Å². The fourth-order valence-corrected chi connectivity index (χ4v) is 2.91. The summed E-state index contributed by atoms with van der Waals surface area (Å²) in [6.45, 7) is 7.75. The third kappa shape index (κ3) is 1.93. The number of aliphatic hydroxyl groups is 3. The fraction of sp³-hybridized carbons (Fsp3) is 0.467. The van der Waals surface area contributed by atoms with Crippen LogP contribution in [0.4, 0.5) is 4.39 Å². The van der Waals surface area contributed by atoms with Gasteiger partial charge in [0.1, 0.15) is 5.82 Å². The Balaban J connectivity index is 2.70. The number of hydrogen-bond acceptors (Lipinski definition) is 5. The molecule has 0 aromatic carbocycles. The summed E-state index contributed by atoms with van der Waals surface area (Å²) in [7, 11) is 0. The zero-order valence-corrected chi connectivity index (χ0v) is 12.9. The van der Waals surface area contributed by atoms with Crippen LogP contribution in [0.15, 0.2) is 24.3 Å². The maximum Gasteiger partial charge on any atom is 0.207 e. The molecule has 0 saturated carbocycles.